The van der Waals surface area contributed by atoms with Crippen molar-refractivity contribution in [2.75, 3.05) is 47.7 Å². The predicted molar refractivity (Wildman–Crippen MR) is 82.8 cm³/mol. The minimum absolute atomic E-state index is 0.248. The van der Waals surface area contributed by atoms with E-state index in [9.17, 15) is 0 Å². The van der Waals surface area contributed by atoms with Crippen molar-refractivity contribution < 1.29 is 18.9 Å². The minimum atomic E-state index is 0.248. The summed E-state index contributed by atoms with van der Waals surface area (Å²) in [6, 6.07) is 6.42. The molecular formula is C16H27NO4. The molecule has 0 saturated carbocycles. The van der Waals surface area contributed by atoms with Crippen molar-refractivity contribution in [3.05, 3.63) is 29.3 Å². The highest BCUT2D eigenvalue weighted by Gasteiger charge is 2.09. The van der Waals surface area contributed by atoms with Gasteiger partial charge in [-0.3, -0.25) is 0 Å². The first kappa shape index (κ1) is 17.9. The summed E-state index contributed by atoms with van der Waals surface area (Å²) in [6.07, 6.45) is 0. The maximum atomic E-state index is 5.43. The molecule has 0 amide bonds. The molecule has 5 nitrogen and oxygen atoms in total. The average Bonchev–Trinajstić information content (AvgIpc) is 2.50. The fraction of sp³-hybridized carbons (Fsp3) is 0.625. The van der Waals surface area contributed by atoms with E-state index in [1.807, 2.05) is 6.07 Å². The quantitative estimate of drug-likeness (QED) is 0.634. The van der Waals surface area contributed by atoms with Gasteiger partial charge in [-0.15, -0.1) is 0 Å². The lowest BCUT2D eigenvalue weighted by Crippen LogP contribution is -2.24. The van der Waals surface area contributed by atoms with Gasteiger partial charge in [0.15, 0.2) is 0 Å². The molecular weight excluding hydrogens is 270 g/mol. The number of hydrogen-bond donors (Lipinski definition) is 1. The van der Waals surface area contributed by atoms with Gasteiger partial charge in [0.05, 0.1) is 33.5 Å². The predicted octanol–water partition coefficient (Wildman–Crippen LogP) is 2.16. The van der Waals surface area contributed by atoms with Crippen LogP contribution in [0, 0.1) is 0 Å². The summed E-state index contributed by atoms with van der Waals surface area (Å²) in [4.78, 5) is 0. The second kappa shape index (κ2) is 10.6. The summed E-state index contributed by atoms with van der Waals surface area (Å²) in [5.74, 6) is 0.857. The van der Waals surface area contributed by atoms with Gasteiger partial charge in [0, 0.05) is 32.4 Å². The molecule has 1 atom stereocenters. The molecule has 0 aromatic heterocycles. The van der Waals surface area contributed by atoms with Gasteiger partial charge in [-0.05, 0) is 24.6 Å². The number of hydrogen-bond acceptors (Lipinski definition) is 5. The number of rotatable bonds is 11. The van der Waals surface area contributed by atoms with Gasteiger partial charge >= 0.3 is 0 Å². The molecule has 0 radical (unpaired) electrons. The van der Waals surface area contributed by atoms with E-state index in [1.165, 1.54) is 5.56 Å². The monoisotopic (exact) mass is 297 g/mol. The van der Waals surface area contributed by atoms with Gasteiger partial charge in [0.1, 0.15) is 5.75 Å². The molecule has 21 heavy (non-hydrogen) atoms. The van der Waals surface area contributed by atoms with Crippen LogP contribution in [0.1, 0.15) is 24.1 Å². The molecule has 0 aliphatic carbocycles. The van der Waals surface area contributed by atoms with Gasteiger partial charge < -0.3 is 24.3 Å². The standard InChI is InChI=1S/C16H27NO4/c1-13(17-7-8-21-10-9-18-2)14-5-6-16(20-4)15(11-14)12-19-3/h5-6,11,13,17H,7-10,12H2,1-4H3. The van der Waals surface area contributed by atoms with Crippen LogP contribution in [0.5, 0.6) is 5.75 Å². The van der Waals surface area contributed by atoms with Gasteiger partial charge in [0.25, 0.3) is 0 Å². The Morgan fingerprint density at radius 3 is 2.52 bits per heavy atom. The maximum absolute atomic E-state index is 5.43. The summed E-state index contributed by atoms with van der Waals surface area (Å²) in [7, 11) is 5.03. The van der Waals surface area contributed by atoms with Crippen LogP contribution < -0.4 is 10.1 Å². The third-order valence-corrected chi connectivity index (χ3v) is 3.23. The van der Waals surface area contributed by atoms with E-state index in [4.69, 9.17) is 18.9 Å². The Kier molecular flexibility index (Phi) is 9.01. The first-order valence-corrected chi connectivity index (χ1v) is 7.18. The molecule has 0 fully saturated rings. The Balaban J connectivity index is 2.46. The van der Waals surface area contributed by atoms with Gasteiger partial charge in [-0.1, -0.05) is 6.07 Å². The molecule has 0 saturated heterocycles. The van der Waals surface area contributed by atoms with Crippen molar-refractivity contribution in [2.24, 2.45) is 0 Å². The minimum Gasteiger partial charge on any atom is -0.496 e. The van der Waals surface area contributed by atoms with E-state index in [-0.39, 0.29) is 6.04 Å². The number of ether oxygens (including phenoxy) is 4. The molecule has 1 unspecified atom stereocenters. The lowest BCUT2D eigenvalue weighted by atomic mass is 10.0. The third-order valence-electron chi connectivity index (χ3n) is 3.23. The van der Waals surface area contributed by atoms with Crippen LogP contribution in [0.2, 0.25) is 0 Å². The topological polar surface area (TPSA) is 49.0 Å². The highest BCUT2D eigenvalue weighted by Crippen LogP contribution is 2.23. The van der Waals surface area contributed by atoms with Crippen LogP contribution >= 0.6 is 0 Å². The Morgan fingerprint density at radius 2 is 1.86 bits per heavy atom. The van der Waals surface area contributed by atoms with Crippen molar-refractivity contribution in [3.8, 4) is 5.75 Å². The summed E-state index contributed by atoms with van der Waals surface area (Å²) in [6.45, 7) is 5.42. The molecule has 5 heteroatoms. The summed E-state index contributed by atoms with van der Waals surface area (Å²) in [5, 5.41) is 3.44. The van der Waals surface area contributed by atoms with Gasteiger partial charge in [-0.2, -0.15) is 0 Å². The fourth-order valence-corrected chi connectivity index (χ4v) is 2.05. The van der Waals surface area contributed by atoms with Gasteiger partial charge in [0.2, 0.25) is 0 Å². The van der Waals surface area contributed by atoms with E-state index in [0.29, 0.717) is 26.4 Å². The smallest absolute Gasteiger partial charge is 0.124 e. The Hall–Kier alpha value is -1.14. The van der Waals surface area contributed by atoms with Gasteiger partial charge in [-0.25, -0.2) is 0 Å². The summed E-state index contributed by atoms with van der Waals surface area (Å²) < 4.78 is 20.9. The zero-order valence-electron chi connectivity index (χ0n) is 13.5. The maximum Gasteiger partial charge on any atom is 0.124 e. The SMILES string of the molecule is COCCOCCNC(C)c1ccc(OC)c(COC)c1. The Bertz CT molecular complexity index is 398. The van der Waals surface area contributed by atoms with E-state index in [0.717, 1.165) is 17.9 Å². The molecule has 0 spiro atoms. The Morgan fingerprint density at radius 1 is 1.05 bits per heavy atom. The summed E-state index contributed by atoms with van der Waals surface area (Å²) in [5.41, 5.74) is 2.27. The molecule has 0 bridgehead atoms. The zero-order valence-corrected chi connectivity index (χ0v) is 13.5. The zero-order chi connectivity index (χ0) is 15.5. The molecule has 1 aromatic carbocycles. The first-order valence-electron chi connectivity index (χ1n) is 7.18. The van der Waals surface area contributed by atoms with Crippen LogP contribution in [-0.2, 0) is 20.8 Å². The third kappa shape index (κ3) is 6.44. The van der Waals surface area contributed by atoms with Crippen molar-refractivity contribution in [3.63, 3.8) is 0 Å². The largest absolute Gasteiger partial charge is 0.496 e. The highest BCUT2D eigenvalue weighted by molar-refractivity contribution is 5.38. The Labute approximate surface area is 127 Å². The van der Waals surface area contributed by atoms with Crippen molar-refractivity contribution in [2.45, 2.75) is 19.6 Å². The molecule has 0 heterocycles. The molecule has 0 aliphatic heterocycles. The second-order valence-corrected chi connectivity index (χ2v) is 4.79. The van der Waals surface area contributed by atoms with E-state index in [2.05, 4.69) is 24.4 Å². The fourth-order valence-electron chi connectivity index (χ4n) is 2.05. The van der Waals surface area contributed by atoms with E-state index in [1.54, 1.807) is 21.3 Å². The van der Waals surface area contributed by atoms with Crippen molar-refractivity contribution in [1.82, 2.24) is 5.32 Å². The second-order valence-electron chi connectivity index (χ2n) is 4.79. The molecule has 1 rings (SSSR count). The van der Waals surface area contributed by atoms with E-state index >= 15 is 0 Å². The molecule has 1 N–H and O–H groups in total. The number of nitrogens with one attached hydrogen (secondary N) is 1. The average molecular weight is 297 g/mol. The molecule has 0 aliphatic rings. The van der Waals surface area contributed by atoms with Crippen LogP contribution in [0.4, 0.5) is 0 Å². The first-order chi connectivity index (χ1) is 10.2. The van der Waals surface area contributed by atoms with Crippen LogP contribution in [0.3, 0.4) is 0 Å². The lowest BCUT2D eigenvalue weighted by Gasteiger charge is -2.17. The lowest BCUT2D eigenvalue weighted by molar-refractivity contribution is 0.0712. The normalized spacial score (nSPS) is 12.4. The van der Waals surface area contributed by atoms with Crippen LogP contribution in [0.25, 0.3) is 0 Å². The van der Waals surface area contributed by atoms with Crippen LogP contribution in [-0.4, -0.2) is 47.7 Å². The van der Waals surface area contributed by atoms with E-state index < -0.39 is 0 Å². The number of benzene rings is 1. The van der Waals surface area contributed by atoms with Crippen molar-refractivity contribution >= 4 is 0 Å². The van der Waals surface area contributed by atoms with Crippen molar-refractivity contribution in [1.29, 1.82) is 0 Å². The molecule has 120 valence electrons. The highest BCUT2D eigenvalue weighted by atomic mass is 16.5. The van der Waals surface area contributed by atoms with Crippen LogP contribution in [0.15, 0.2) is 18.2 Å². The summed E-state index contributed by atoms with van der Waals surface area (Å²) >= 11 is 0. The molecule has 1 aromatic rings. The number of methoxy groups -OCH3 is 3.